The molecule has 0 aromatic carbocycles. The van der Waals surface area contributed by atoms with Crippen LogP contribution in [-0.2, 0) is 30.2 Å². The first-order valence-electron chi connectivity index (χ1n) is 16.6. The minimum atomic E-state index is -0.602. The van der Waals surface area contributed by atoms with Crippen LogP contribution in [0, 0.1) is 5.92 Å². The highest BCUT2D eigenvalue weighted by Crippen LogP contribution is 2.38. The van der Waals surface area contributed by atoms with E-state index in [1.807, 2.05) is 13.0 Å². The number of hydrogen-bond acceptors (Lipinski definition) is 7. The first kappa shape index (κ1) is 35.1. The van der Waals surface area contributed by atoms with Crippen molar-refractivity contribution in [2.24, 2.45) is 5.92 Å². The van der Waals surface area contributed by atoms with E-state index in [9.17, 15) is 14.4 Å². The predicted octanol–water partition coefficient (Wildman–Crippen LogP) is 8.89. The van der Waals surface area contributed by atoms with Gasteiger partial charge in [-0.25, -0.2) is 9.59 Å². The monoisotopic (exact) mass is 608 g/mol. The largest absolute Gasteiger partial charge is 0.465 e. The second-order valence-electron chi connectivity index (χ2n) is 12.3. The van der Waals surface area contributed by atoms with Gasteiger partial charge in [0.15, 0.2) is 0 Å². The molecule has 44 heavy (non-hydrogen) atoms. The van der Waals surface area contributed by atoms with Gasteiger partial charge in [-0.05, 0) is 31.1 Å². The quantitative estimate of drug-likeness (QED) is 0.0670. The van der Waals surface area contributed by atoms with E-state index in [2.05, 4.69) is 20.1 Å². The first-order chi connectivity index (χ1) is 21.2. The number of hydrogen-bond donors (Lipinski definition) is 0. The van der Waals surface area contributed by atoms with Crippen molar-refractivity contribution in [3.8, 4) is 0 Å². The lowest BCUT2D eigenvalue weighted by Crippen LogP contribution is -2.19. The van der Waals surface area contributed by atoms with Crippen molar-refractivity contribution in [2.45, 2.75) is 122 Å². The Hall–Kier alpha value is -3.35. The zero-order valence-electron chi connectivity index (χ0n) is 27.1. The first-order valence-corrected chi connectivity index (χ1v) is 16.6. The Morgan fingerprint density at radius 1 is 0.955 bits per heavy atom. The second kappa shape index (κ2) is 18.5. The van der Waals surface area contributed by atoms with E-state index in [0.717, 1.165) is 24.8 Å². The fourth-order valence-electron chi connectivity index (χ4n) is 5.89. The molecule has 7 nitrogen and oxygen atoms in total. The smallest absolute Gasteiger partial charge is 0.341 e. The molecule has 3 atom stereocenters. The summed E-state index contributed by atoms with van der Waals surface area (Å²) in [4.78, 5) is 37.7. The summed E-state index contributed by atoms with van der Waals surface area (Å²) in [5, 5.41) is 0. The van der Waals surface area contributed by atoms with Crippen molar-refractivity contribution in [1.29, 1.82) is 0 Å². The minimum Gasteiger partial charge on any atom is -0.465 e. The third kappa shape index (κ3) is 10.7. The number of esters is 3. The summed E-state index contributed by atoms with van der Waals surface area (Å²) < 4.78 is 22.4. The van der Waals surface area contributed by atoms with Crippen LogP contribution >= 0.6 is 0 Å². The summed E-state index contributed by atoms with van der Waals surface area (Å²) in [7, 11) is 1.32. The van der Waals surface area contributed by atoms with Crippen molar-refractivity contribution in [1.82, 2.24) is 0 Å². The molecular formula is C37H52O7. The van der Waals surface area contributed by atoms with E-state index < -0.39 is 24.0 Å². The van der Waals surface area contributed by atoms with Gasteiger partial charge < -0.3 is 18.6 Å². The van der Waals surface area contributed by atoms with Gasteiger partial charge in [0.25, 0.3) is 0 Å². The highest BCUT2D eigenvalue weighted by molar-refractivity contribution is 5.94. The van der Waals surface area contributed by atoms with Gasteiger partial charge in [-0.15, -0.1) is 0 Å². The standard InChI is InChI=1S/C37H52O7/c1-6-7-8-9-10-11-12-13-14-15-16-17-18-19-34(38)42-25-27(4)28-20-21-29-23-32(44-36(29)39)35(26(2)3)33-24-30(37(40)41-5)31(22-28)43-33/h20-21,23-24,28,32,35H,2,4,6-19,22,25H2,1,3,5H3/b21-20-/t28-,32-,35-/m1/s1. The van der Waals surface area contributed by atoms with Crippen molar-refractivity contribution < 1.29 is 33.0 Å². The van der Waals surface area contributed by atoms with Crippen molar-refractivity contribution in [2.75, 3.05) is 13.7 Å². The summed E-state index contributed by atoms with van der Waals surface area (Å²) >= 11 is 0. The van der Waals surface area contributed by atoms with Crippen LogP contribution in [0.4, 0.5) is 0 Å². The summed E-state index contributed by atoms with van der Waals surface area (Å²) in [6, 6.07) is 1.64. The van der Waals surface area contributed by atoms with Crippen LogP contribution in [0.1, 0.15) is 132 Å². The van der Waals surface area contributed by atoms with Gasteiger partial charge in [0.2, 0.25) is 0 Å². The van der Waals surface area contributed by atoms with Crippen molar-refractivity contribution >= 4 is 17.9 Å². The van der Waals surface area contributed by atoms with Crippen LogP contribution in [0.5, 0.6) is 0 Å². The molecule has 0 spiro atoms. The lowest BCUT2D eigenvalue weighted by atomic mass is 9.90. The molecule has 0 saturated carbocycles. The highest BCUT2D eigenvalue weighted by atomic mass is 16.6. The molecular weight excluding hydrogens is 556 g/mol. The van der Waals surface area contributed by atoms with E-state index in [0.29, 0.717) is 34.7 Å². The van der Waals surface area contributed by atoms with Gasteiger partial charge in [-0.1, -0.05) is 115 Å². The van der Waals surface area contributed by atoms with Crippen molar-refractivity contribution in [3.63, 3.8) is 0 Å². The molecule has 1 aromatic rings. The molecule has 0 fully saturated rings. The van der Waals surface area contributed by atoms with Crippen LogP contribution < -0.4 is 0 Å². The molecule has 1 aromatic heterocycles. The Labute approximate surface area is 263 Å². The average Bonchev–Trinajstić information content (AvgIpc) is 3.57. The molecule has 2 aliphatic rings. The van der Waals surface area contributed by atoms with E-state index in [1.54, 1.807) is 18.2 Å². The van der Waals surface area contributed by atoms with Crippen LogP contribution in [0.25, 0.3) is 0 Å². The van der Waals surface area contributed by atoms with Gasteiger partial charge in [0.1, 0.15) is 29.8 Å². The fraction of sp³-hybridized carbons (Fsp3) is 0.595. The summed E-state index contributed by atoms with van der Waals surface area (Å²) in [6.45, 7) is 12.4. The molecule has 0 N–H and O–H groups in total. The Morgan fingerprint density at radius 3 is 2.16 bits per heavy atom. The maximum absolute atomic E-state index is 12.6. The van der Waals surface area contributed by atoms with Gasteiger partial charge in [-0.3, -0.25) is 4.79 Å². The predicted molar refractivity (Wildman–Crippen MR) is 172 cm³/mol. The number of methoxy groups -OCH3 is 1. The number of allylic oxidation sites excluding steroid dienone is 1. The Bertz CT molecular complexity index is 1200. The van der Waals surface area contributed by atoms with Crippen LogP contribution in [-0.4, -0.2) is 37.7 Å². The maximum Gasteiger partial charge on any atom is 0.341 e. The fourth-order valence-corrected chi connectivity index (χ4v) is 5.89. The normalized spacial score (nSPS) is 19.8. The molecule has 0 unspecified atom stereocenters. The number of fused-ring (bicyclic) bond motifs is 3. The molecule has 3 heterocycles. The summed E-state index contributed by atoms with van der Waals surface area (Å²) in [5.74, 6) is -1.13. The topological polar surface area (TPSA) is 92.0 Å². The Kier molecular flexibility index (Phi) is 14.7. The van der Waals surface area contributed by atoms with E-state index >= 15 is 0 Å². The third-order valence-electron chi connectivity index (χ3n) is 8.56. The molecule has 0 radical (unpaired) electrons. The average molecular weight is 609 g/mol. The SMILES string of the molecule is C=C(COC(=O)CCCCCCCCCCCCCCC)[C@@H]1/C=C\C2=C[C@@H](OC2=O)[C@@H](C(=C)C)c2cc(C(=O)OC)c(o2)C1. The van der Waals surface area contributed by atoms with E-state index in [1.165, 1.54) is 71.3 Å². The van der Waals surface area contributed by atoms with E-state index in [-0.39, 0.29) is 24.9 Å². The number of furan rings is 1. The highest BCUT2D eigenvalue weighted by Gasteiger charge is 2.36. The van der Waals surface area contributed by atoms with Crippen LogP contribution in [0.2, 0.25) is 0 Å². The molecule has 242 valence electrons. The number of carbonyl (C=O) groups is 3. The Morgan fingerprint density at radius 2 is 1.57 bits per heavy atom. The second-order valence-corrected chi connectivity index (χ2v) is 12.3. The van der Waals surface area contributed by atoms with Gasteiger partial charge in [0.05, 0.1) is 18.6 Å². The minimum absolute atomic E-state index is 0.0356. The molecule has 3 rings (SSSR count). The molecule has 7 heteroatoms. The van der Waals surface area contributed by atoms with Gasteiger partial charge in [-0.2, -0.15) is 0 Å². The third-order valence-corrected chi connectivity index (χ3v) is 8.56. The lowest BCUT2D eigenvalue weighted by Gasteiger charge is -2.20. The van der Waals surface area contributed by atoms with E-state index in [4.69, 9.17) is 18.6 Å². The molecule has 0 amide bonds. The van der Waals surface area contributed by atoms with Crippen molar-refractivity contribution in [3.05, 3.63) is 71.3 Å². The summed E-state index contributed by atoms with van der Waals surface area (Å²) in [5.41, 5.74) is 2.09. The zero-order chi connectivity index (χ0) is 31.9. The van der Waals surface area contributed by atoms with Gasteiger partial charge in [0, 0.05) is 18.8 Å². The molecule has 0 saturated heterocycles. The Balaban J connectivity index is 1.48. The number of rotatable bonds is 19. The molecule has 2 aliphatic heterocycles. The van der Waals surface area contributed by atoms with Gasteiger partial charge >= 0.3 is 17.9 Å². The molecule has 4 bridgehead atoms. The zero-order valence-corrected chi connectivity index (χ0v) is 27.1. The molecule has 0 aliphatic carbocycles. The number of ether oxygens (including phenoxy) is 3. The van der Waals surface area contributed by atoms with Crippen LogP contribution in [0.3, 0.4) is 0 Å². The number of unbranched alkanes of at least 4 members (excludes halogenated alkanes) is 12. The summed E-state index contributed by atoms with van der Waals surface area (Å²) in [6.07, 6.45) is 21.6. The van der Waals surface area contributed by atoms with Crippen LogP contribution in [0.15, 0.2) is 58.6 Å². The number of carbonyl (C=O) groups excluding carboxylic acids is 3. The maximum atomic E-state index is 12.6. The lowest BCUT2D eigenvalue weighted by molar-refractivity contribution is -0.143.